The number of aliphatic hydroxyl groups excluding tert-OH is 1. The standard InChI is InChI=1S/C24H20ClN7O2/c1-13-16(11-26)21(30-24(27)28-13)31-12-15(33)10-19(31)22-29-18-9-5-8-17(25)20(18)23(34)32(22)14-6-3-2-4-7-14/h2-9,15,19,33H,10,12H2,1H3,(H2,27,28,30)/t15-,19-/m0/s1. The van der Waals surface area contributed by atoms with E-state index in [4.69, 9.17) is 22.3 Å². The number of benzene rings is 2. The maximum absolute atomic E-state index is 13.7. The summed E-state index contributed by atoms with van der Waals surface area (Å²) in [7, 11) is 0. The number of rotatable bonds is 3. The first-order valence-electron chi connectivity index (χ1n) is 10.6. The molecule has 170 valence electrons. The normalized spacial score (nSPS) is 17.8. The molecule has 10 heteroatoms. The molecule has 0 amide bonds. The summed E-state index contributed by atoms with van der Waals surface area (Å²) in [4.78, 5) is 28.8. The minimum Gasteiger partial charge on any atom is -0.391 e. The average molecular weight is 474 g/mol. The Morgan fingerprint density at radius 2 is 1.91 bits per heavy atom. The van der Waals surface area contributed by atoms with Gasteiger partial charge in [0.1, 0.15) is 17.5 Å². The predicted molar refractivity (Wildman–Crippen MR) is 129 cm³/mol. The molecule has 0 spiro atoms. The second-order valence-corrected chi connectivity index (χ2v) is 8.52. The van der Waals surface area contributed by atoms with Crippen LogP contribution in [0.4, 0.5) is 11.8 Å². The number of nitrogens with zero attached hydrogens (tertiary/aromatic N) is 6. The van der Waals surface area contributed by atoms with Crippen molar-refractivity contribution in [1.82, 2.24) is 19.5 Å². The van der Waals surface area contributed by atoms with Gasteiger partial charge < -0.3 is 15.7 Å². The molecule has 0 aliphatic carbocycles. The van der Waals surface area contributed by atoms with E-state index < -0.39 is 12.1 Å². The van der Waals surface area contributed by atoms with Crippen LogP contribution < -0.4 is 16.2 Å². The monoisotopic (exact) mass is 473 g/mol. The number of para-hydroxylation sites is 1. The van der Waals surface area contributed by atoms with Crippen molar-refractivity contribution >= 4 is 34.3 Å². The second kappa shape index (κ2) is 8.41. The first kappa shape index (κ1) is 21.8. The zero-order chi connectivity index (χ0) is 24.0. The van der Waals surface area contributed by atoms with E-state index in [2.05, 4.69) is 16.0 Å². The van der Waals surface area contributed by atoms with Crippen LogP contribution in [-0.4, -0.2) is 37.3 Å². The SMILES string of the molecule is Cc1nc(N)nc(N2C[C@@H](O)C[C@H]2c2nc3cccc(Cl)c3c(=O)n2-c2ccccc2)c1C#N. The number of anilines is 2. The van der Waals surface area contributed by atoms with Gasteiger partial charge in [0.2, 0.25) is 5.95 Å². The van der Waals surface area contributed by atoms with Crippen LogP contribution in [0.1, 0.15) is 29.5 Å². The number of halogens is 1. The van der Waals surface area contributed by atoms with Gasteiger partial charge in [-0.15, -0.1) is 0 Å². The van der Waals surface area contributed by atoms with Crippen molar-refractivity contribution in [3.8, 4) is 11.8 Å². The Hall–Kier alpha value is -4.00. The van der Waals surface area contributed by atoms with Gasteiger partial charge in [0.25, 0.3) is 5.56 Å². The quantitative estimate of drug-likeness (QED) is 0.464. The average Bonchev–Trinajstić information content (AvgIpc) is 3.20. The molecule has 2 atom stereocenters. The summed E-state index contributed by atoms with van der Waals surface area (Å²) < 4.78 is 1.51. The van der Waals surface area contributed by atoms with Gasteiger partial charge in [0, 0.05) is 13.0 Å². The topological polar surface area (TPSA) is 134 Å². The molecular weight excluding hydrogens is 454 g/mol. The van der Waals surface area contributed by atoms with E-state index in [-0.39, 0.29) is 30.0 Å². The van der Waals surface area contributed by atoms with E-state index in [9.17, 15) is 15.2 Å². The van der Waals surface area contributed by atoms with E-state index >= 15 is 0 Å². The van der Waals surface area contributed by atoms with Crippen LogP contribution in [-0.2, 0) is 0 Å². The van der Waals surface area contributed by atoms with Gasteiger partial charge in [-0.3, -0.25) is 9.36 Å². The van der Waals surface area contributed by atoms with Gasteiger partial charge >= 0.3 is 0 Å². The molecule has 3 heterocycles. The number of aromatic nitrogens is 4. The Kier molecular flexibility index (Phi) is 5.40. The lowest BCUT2D eigenvalue weighted by Gasteiger charge is -2.28. The molecule has 1 aliphatic heterocycles. The fourth-order valence-electron chi connectivity index (χ4n) is 4.47. The summed E-state index contributed by atoms with van der Waals surface area (Å²) in [6.45, 7) is 1.87. The Labute approximate surface area is 199 Å². The number of aliphatic hydroxyl groups is 1. The van der Waals surface area contributed by atoms with Crippen LogP contribution in [0.15, 0.2) is 53.3 Å². The van der Waals surface area contributed by atoms with Crippen LogP contribution in [0.2, 0.25) is 5.02 Å². The molecule has 4 aromatic rings. The second-order valence-electron chi connectivity index (χ2n) is 8.12. The summed E-state index contributed by atoms with van der Waals surface area (Å²) >= 11 is 6.39. The first-order chi connectivity index (χ1) is 16.4. The molecule has 3 N–H and O–H groups in total. The van der Waals surface area contributed by atoms with Crippen LogP contribution in [0.5, 0.6) is 0 Å². The predicted octanol–water partition coefficient (Wildman–Crippen LogP) is 2.90. The molecule has 2 aromatic heterocycles. The van der Waals surface area contributed by atoms with Crippen LogP contribution in [0.3, 0.4) is 0 Å². The molecule has 0 saturated carbocycles. The zero-order valence-corrected chi connectivity index (χ0v) is 18.9. The highest BCUT2D eigenvalue weighted by atomic mass is 35.5. The van der Waals surface area contributed by atoms with Crippen molar-refractivity contribution in [2.24, 2.45) is 0 Å². The molecule has 34 heavy (non-hydrogen) atoms. The lowest BCUT2D eigenvalue weighted by atomic mass is 10.1. The highest BCUT2D eigenvalue weighted by Crippen LogP contribution is 2.38. The molecule has 1 aliphatic rings. The van der Waals surface area contributed by atoms with Gasteiger partial charge in [-0.25, -0.2) is 9.97 Å². The number of hydrogen-bond donors (Lipinski definition) is 2. The number of aryl methyl sites for hydroxylation is 1. The number of hydrogen-bond acceptors (Lipinski definition) is 8. The molecule has 0 radical (unpaired) electrons. The molecule has 1 saturated heterocycles. The van der Waals surface area contributed by atoms with Gasteiger partial charge in [0.15, 0.2) is 5.82 Å². The number of fused-ring (bicyclic) bond motifs is 1. The minimum absolute atomic E-state index is 0.0188. The number of nitriles is 1. The highest BCUT2D eigenvalue weighted by Gasteiger charge is 2.38. The molecule has 1 fully saturated rings. The summed E-state index contributed by atoms with van der Waals surface area (Å²) in [6, 6.07) is 15.8. The molecule has 5 rings (SSSR count). The summed E-state index contributed by atoms with van der Waals surface area (Å²) in [5.41, 5.74) is 7.32. The van der Waals surface area contributed by atoms with E-state index in [1.807, 2.05) is 18.2 Å². The molecule has 0 unspecified atom stereocenters. The van der Waals surface area contributed by atoms with Crippen molar-refractivity contribution in [1.29, 1.82) is 5.26 Å². The smallest absolute Gasteiger partial charge is 0.267 e. The largest absolute Gasteiger partial charge is 0.391 e. The number of nitrogens with two attached hydrogens (primary N) is 1. The number of β-amino-alcohol motifs (C(OH)–C–C–N with tert-alkyl or cyclic N) is 1. The van der Waals surface area contributed by atoms with Crippen LogP contribution in [0, 0.1) is 18.3 Å². The summed E-state index contributed by atoms with van der Waals surface area (Å²) in [5, 5.41) is 21.0. The number of nitrogen functional groups attached to an aromatic ring is 1. The Morgan fingerprint density at radius 1 is 1.15 bits per heavy atom. The minimum atomic E-state index is -0.732. The van der Waals surface area contributed by atoms with Crippen molar-refractivity contribution < 1.29 is 5.11 Å². The van der Waals surface area contributed by atoms with Crippen LogP contribution in [0.25, 0.3) is 16.6 Å². The third-order valence-corrected chi connectivity index (χ3v) is 6.25. The Balaban J connectivity index is 1.80. The van der Waals surface area contributed by atoms with Crippen molar-refractivity contribution in [3.05, 3.63) is 81.0 Å². The van der Waals surface area contributed by atoms with E-state index in [0.29, 0.717) is 38.9 Å². The summed E-state index contributed by atoms with van der Waals surface area (Å²) in [6.07, 6.45) is -0.455. The maximum atomic E-state index is 13.7. The Morgan fingerprint density at radius 3 is 2.65 bits per heavy atom. The van der Waals surface area contributed by atoms with Crippen molar-refractivity contribution in [2.45, 2.75) is 25.5 Å². The molecule has 9 nitrogen and oxygen atoms in total. The lowest BCUT2D eigenvalue weighted by Crippen LogP contribution is -2.33. The molecule has 0 bridgehead atoms. The fraction of sp³-hybridized carbons (Fsp3) is 0.208. The third kappa shape index (κ3) is 3.53. The lowest BCUT2D eigenvalue weighted by molar-refractivity contribution is 0.193. The molecule has 2 aromatic carbocycles. The van der Waals surface area contributed by atoms with Crippen molar-refractivity contribution in [2.75, 3.05) is 17.2 Å². The van der Waals surface area contributed by atoms with E-state index in [1.54, 1.807) is 42.2 Å². The van der Waals surface area contributed by atoms with Crippen molar-refractivity contribution in [3.63, 3.8) is 0 Å². The maximum Gasteiger partial charge on any atom is 0.267 e. The van der Waals surface area contributed by atoms with Gasteiger partial charge in [-0.1, -0.05) is 35.9 Å². The highest BCUT2D eigenvalue weighted by molar-refractivity contribution is 6.35. The van der Waals surface area contributed by atoms with Gasteiger partial charge in [0.05, 0.1) is 39.5 Å². The Bertz CT molecular complexity index is 1510. The van der Waals surface area contributed by atoms with E-state index in [0.717, 1.165) is 0 Å². The van der Waals surface area contributed by atoms with E-state index in [1.165, 1.54) is 4.57 Å². The van der Waals surface area contributed by atoms with Crippen LogP contribution >= 0.6 is 11.6 Å². The van der Waals surface area contributed by atoms with Gasteiger partial charge in [-0.05, 0) is 31.2 Å². The zero-order valence-electron chi connectivity index (χ0n) is 18.2. The van der Waals surface area contributed by atoms with Gasteiger partial charge in [-0.2, -0.15) is 10.2 Å². The summed E-state index contributed by atoms with van der Waals surface area (Å²) in [5.74, 6) is 0.723. The first-order valence-corrected chi connectivity index (χ1v) is 11.0. The fourth-order valence-corrected chi connectivity index (χ4v) is 4.72. The molecular formula is C24H20ClN7O2. The third-order valence-electron chi connectivity index (χ3n) is 5.94.